The van der Waals surface area contributed by atoms with Crippen LogP contribution >= 0.6 is 0 Å². The van der Waals surface area contributed by atoms with Crippen LogP contribution in [0.25, 0.3) is 0 Å². The van der Waals surface area contributed by atoms with Crippen LogP contribution in [-0.2, 0) is 11.0 Å². The number of alkyl halides is 3. The van der Waals surface area contributed by atoms with Gasteiger partial charge in [0.1, 0.15) is 0 Å². The Hall–Kier alpha value is -2.25. The van der Waals surface area contributed by atoms with Gasteiger partial charge in [-0.1, -0.05) is 13.0 Å². The van der Waals surface area contributed by atoms with Gasteiger partial charge in [-0.2, -0.15) is 13.2 Å². The Morgan fingerprint density at radius 3 is 2.45 bits per heavy atom. The molecule has 5 nitrogen and oxygen atoms in total. The fourth-order valence-electron chi connectivity index (χ4n) is 1.67. The number of amides is 3. The van der Waals surface area contributed by atoms with Crippen LogP contribution in [0.2, 0.25) is 0 Å². The number of hydrogen-bond donors (Lipinski definition) is 3. The normalized spacial score (nSPS) is 11.0. The molecule has 0 aliphatic heterocycles. The van der Waals surface area contributed by atoms with Crippen LogP contribution in [0.3, 0.4) is 0 Å². The van der Waals surface area contributed by atoms with Crippen molar-refractivity contribution in [3.8, 4) is 0 Å². The first kappa shape index (κ1) is 17.8. The Bertz CT molecular complexity index is 545. The van der Waals surface area contributed by atoms with Crippen LogP contribution in [0.5, 0.6) is 0 Å². The van der Waals surface area contributed by atoms with Gasteiger partial charge in [0, 0.05) is 12.2 Å². The van der Waals surface area contributed by atoms with Gasteiger partial charge in [-0.25, -0.2) is 4.79 Å². The fraction of sp³-hybridized carbons (Fsp3) is 0.429. The van der Waals surface area contributed by atoms with Crippen molar-refractivity contribution in [2.45, 2.75) is 26.4 Å². The topological polar surface area (TPSA) is 70.2 Å². The predicted molar refractivity (Wildman–Crippen MR) is 76.5 cm³/mol. The molecule has 3 N–H and O–H groups in total. The van der Waals surface area contributed by atoms with Crippen LogP contribution in [-0.4, -0.2) is 25.0 Å². The van der Waals surface area contributed by atoms with E-state index >= 15 is 0 Å². The van der Waals surface area contributed by atoms with Crippen LogP contribution < -0.4 is 16.0 Å². The Kier molecular flexibility index (Phi) is 6.21. The van der Waals surface area contributed by atoms with E-state index in [4.69, 9.17) is 0 Å². The molecule has 0 unspecified atom stereocenters. The highest BCUT2D eigenvalue weighted by atomic mass is 19.4. The van der Waals surface area contributed by atoms with Crippen LogP contribution in [0.15, 0.2) is 18.2 Å². The van der Waals surface area contributed by atoms with Gasteiger partial charge in [-0.3, -0.25) is 4.79 Å². The number of halogens is 3. The Morgan fingerprint density at radius 2 is 1.86 bits per heavy atom. The highest BCUT2D eigenvalue weighted by Crippen LogP contribution is 2.33. The number of benzene rings is 1. The summed E-state index contributed by atoms with van der Waals surface area (Å²) in [6, 6.07) is 2.74. The van der Waals surface area contributed by atoms with Gasteiger partial charge in [-0.05, 0) is 31.0 Å². The summed E-state index contributed by atoms with van der Waals surface area (Å²) >= 11 is 0. The lowest BCUT2D eigenvalue weighted by Crippen LogP contribution is -2.39. The molecule has 0 aliphatic rings. The molecule has 22 heavy (non-hydrogen) atoms. The molecular weight excluding hydrogens is 299 g/mol. The molecule has 0 saturated carbocycles. The molecule has 3 amide bonds. The minimum Gasteiger partial charge on any atom is -0.355 e. The van der Waals surface area contributed by atoms with Crippen molar-refractivity contribution < 1.29 is 22.8 Å². The lowest BCUT2D eigenvalue weighted by atomic mass is 10.1. The first-order valence-electron chi connectivity index (χ1n) is 6.73. The molecule has 122 valence electrons. The molecule has 0 fully saturated rings. The van der Waals surface area contributed by atoms with Crippen LogP contribution in [0.1, 0.15) is 24.5 Å². The monoisotopic (exact) mass is 317 g/mol. The van der Waals surface area contributed by atoms with E-state index in [9.17, 15) is 22.8 Å². The van der Waals surface area contributed by atoms with Gasteiger partial charge in [0.15, 0.2) is 0 Å². The summed E-state index contributed by atoms with van der Waals surface area (Å²) in [7, 11) is 0. The predicted octanol–water partition coefficient (Wildman–Crippen LogP) is 2.66. The van der Waals surface area contributed by atoms with Gasteiger partial charge < -0.3 is 16.0 Å². The first-order chi connectivity index (χ1) is 10.2. The summed E-state index contributed by atoms with van der Waals surface area (Å²) in [5.74, 6) is -0.364. The quantitative estimate of drug-likeness (QED) is 0.781. The number of aryl methyl sites for hydroxylation is 1. The molecule has 0 aliphatic carbocycles. The average Bonchev–Trinajstić information content (AvgIpc) is 2.43. The minimum atomic E-state index is -4.49. The zero-order valence-electron chi connectivity index (χ0n) is 12.3. The molecule has 0 saturated heterocycles. The van der Waals surface area contributed by atoms with Crippen molar-refractivity contribution in [1.82, 2.24) is 10.6 Å². The number of rotatable bonds is 5. The van der Waals surface area contributed by atoms with Crippen molar-refractivity contribution in [2.75, 3.05) is 18.4 Å². The average molecular weight is 317 g/mol. The lowest BCUT2D eigenvalue weighted by molar-refractivity contribution is -0.138. The highest BCUT2D eigenvalue weighted by Gasteiger charge is 2.32. The fourth-order valence-corrected chi connectivity index (χ4v) is 1.67. The summed E-state index contributed by atoms with van der Waals surface area (Å²) in [6.45, 7) is 3.47. The van der Waals surface area contributed by atoms with E-state index in [1.807, 2.05) is 6.92 Å². The Morgan fingerprint density at radius 1 is 1.18 bits per heavy atom. The number of anilines is 1. The zero-order valence-corrected chi connectivity index (χ0v) is 12.3. The van der Waals surface area contributed by atoms with Crippen LogP contribution in [0, 0.1) is 6.92 Å². The molecule has 0 bridgehead atoms. The minimum absolute atomic E-state index is 0.00407. The molecular formula is C14H18F3N3O2. The van der Waals surface area contributed by atoms with Crippen molar-refractivity contribution >= 4 is 17.6 Å². The Labute approximate surface area is 126 Å². The maximum absolute atomic E-state index is 12.8. The second kappa shape index (κ2) is 7.67. The molecule has 0 heterocycles. The van der Waals surface area contributed by atoms with E-state index in [1.165, 1.54) is 19.1 Å². The van der Waals surface area contributed by atoms with E-state index in [0.29, 0.717) is 6.54 Å². The summed E-state index contributed by atoms with van der Waals surface area (Å²) in [4.78, 5) is 22.8. The first-order valence-corrected chi connectivity index (χ1v) is 6.73. The summed E-state index contributed by atoms with van der Waals surface area (Å²) < 4.78 is 38.3. The number of hydrogen-bond acceptors (Lipinski definition) is 2. The lowest BCUT2D eigenvalue weighted by Gasteiger charge is -2.13. The second-order valence-corrected chi connectivity index (χ2v) is 4.69. The number of carbonyl (C=O) groups is 2. The standard InChI is InChI=1S/C14H18F3N3O2/c1-3-6-18-12(21)8-19-13(22)20-10-5-4-9(2)11(7-10)14(15,16)17/h4-5,7H,3,6,8H2,1-2H3,(H,18,21)(H2,19,20,22). The third-order valence-electron chi connectivity index (χ3n) is 2.78. The molecule has 1 aromatic carbocycles. The largest absolute Gasteiger partial charge is 0.416 e. The third-order valence-corrected chi connectivity index (χ3v) is 2.78. The number of carbonyl (C=O) groups excluding carboxylic acids is 2. The second-order valence-electron chi connectivity index (χ2n) is 4.69. The number of urea groups is 1. The highest BCUT2D eigenvalue weighted by molar-refractivity contribution is 5.92. The molecule has 0 atom stereocenters. The van der Waals surface area contributed by atoms with Crippen molar-refractivity contribution in [2.24, 2.45) is 0 Å². The molecule has 0 radical (unpaired) electrons. The van der Waals surface area contributed by atoms with Crippen molar-refractivity contribution in [3.63, 3.8) is 0 Å². The van der Waals surface area contributed by atoms with E-state index in [1.54, 1.807) is 0 Å². The van der Waals surface area contributed by atoms with Gasteiger partial charge in [0.25, 0.3) is 0 Å². The molecule has 0 aromatic heterocycles. The summed E-state index contributed by atoms with van der Waals surface area (Å²) in [5.41, 5.74) is -0.743. The summed E-state index contributed by atoms with van der Waals surface area (Å²) in [6.07, 6.45) is -3.72. The molecule has 1 aromatic rings. The molecule has 1 rings (SSSR count). The van der Waals surface area contributed by atoms with Gasteiger partial charge in [-0.15, -0.1) is 0 Å². The van der Waals surface area contributed by atoms with Crippen molar-refractivity contribution in [3.05, 3.63) is 29.3 Å². The van der Waals surface area contributed by atoms with E-state index < -0.39 is 17.8 Å². The van der Waals surface area contributed by atoms with Gasteiger partial charge >= 0.3 is 12.2 Å². The zero-order chi connectivity index (χ0) is 16.8. The third kappa shape index (κ3) is 5.63. The Balaban J connectivity index is 2.60. The van der Waals surface area contributed by atoms with Gasteiger partial charge in [0.05, 0.1) is 12.1 Å². The smallest absolute Gasteiger partial charge is 0.355 e. The number of nitrogens with one attached hydrogen (secondary N) is 3. The maximum Gasteiger partial charge on any atom is 0.416 e. The molecule has 8 heteroatoms. The van der Waals surface area contributed by atoms with E-state index in [-0.39, 0.29) is 23.7 Å². The maximum atomic E-state index is 12.8. The summed E-state index contributed by atoms with van der Waals surface area (Å²) in [5, 5.41) is 7.09. The van der Waals surface area contributed by atoms with E-state index in [2.05, 4.69) is 16.0 Å². The van der Waals surface area contributed by atoms with Crippen LogP contribution in [0.4, 0.5) is 23.7 Å². The molecule has 0 spiro atoms. The van der Waals surface area contributed by atoms with E-state index in [0.717, 1.165) is 12.5 Å². The SMILES string of the molecule is CCCNC(=O)CNC(=O)Nc1ccc(C)c(C(F)(F)F)c1. The van der Waals surface area contributed by atoms with Gasteiger partial charge in [0.2, 0.25) is 5.91 Å². The van der Waals surface area contributed by atoms with Crippen molar-refractivity contribution in [1.29, 1.82) is 0 Å².